The number of aliphatic hydroxyl groups is 1. The summed E-state index contributed by atoms with van der Waals surface area (Å²) >= 11 is 0. The van der Waals surface area contributed by atoms with Crippen LogP contribution in [0.1, 0.15) is 34.6 Å². The highest BCUT2D eigenvalue weighted by atomic mass is 16.7. The Morgan fingerprint density at radius 2 is 1.83 bits per heavy atom. The van der Waals surface area contributed by atoms with Gasteiger partial charge in [0, 0.05) is 32.0 Å². The van der Waals surface area contributed by atoms with Gasteiger partial charge in [-0.05, 0) is 34.9 Å². The maximum absolute atomic E-state index is 12.5. The quantitative estimate of drug-likeness (QED) is 0.769. The lowest BCUT2D eigenvalue weighted by Crippen LogP contribution is -2.32. The van der Waals surface area contributed by atoms with Crippen LogP contribution in [0.2, 0.25) is 0 Å². The van der Waals surface area contributed by atoms with Crippen molar-refractivity contribution in [3.05, 3.63) is 82.6 Å². The van der Waals surface area contributed by atoms with Gasteiger partial charge >= 0.3 is 0 Å². The smallest absolute Gasteiger partial charge is 0.288 e. The molecule has 0 saturated carbocycles. The highest BCUT2D eigenvalue weighted by molar-refractivity contribution is 5.91. The van der Waals surface area contributed by atoms with Crippen LogP contribution in [0.5, 0.6) is 0 Å². The van der Waals surface area contributed by atoms with Crippen LogP contribution in [0.25, 0.3) is 0 Å². The molecule has 5 nitrogen and oxygen atoms in total. The number of carbonyl (C=O) groups is 1. The molecule has 0 spiro atoms. The fourth-order valence-corrected chi connectivity index (χ4v) is 3.12. The second-order valence-electron chi connectivity index (χ2n) is 7.17. The molecule has 1 heterocycles. The third kappa shape index (κ3) is 5.26. The number of rotatable bonds is 6. The second-order valence-corrected chi connectivity index (χ2v) is 7.17. The third-order valence-corrected chi connectivity index (χ3v) is 4.82. The zero-order valence-electron chi connectivity index (χ0n) is 16.7. The van der Waals surface area contributed by atoms with Gasteiger partial charge in [0.15, 0.2) is 5.76 Å². The maximum atomic E-state index is 12.5. The van der Waals surface area contributed by atoms with Crippen molar-refractivity contribution in [2.75, 3.05) is 14.1 Å². The van der Waals surface area contributed by atoms with Crippen LogP contribution < -0.4 is 0 Å². The first-order valence-electron chi connectivity index (χ1n) is 9.47. The predicted molar refractivity (Wildman–Crippen MR) is 111 cm³/mol. The van der Waals surface area contributed by atoms with Crippen molar-refractivity contribution in [2.45, 2.75) is 31.8 Å². The monoisotopic (exact) mass is 391 g/mol. The summed E-state index contributed by atoms with van der Waals surface area (Å²) in [6.07, 6.45) is 7.34. The average molecular weight is 391 g/mol. The van der Waals surface area contributed by atoms with Crippen LogP contribution in [0.3, 0.4) is 0 Å². The van der Waals surface area contributed by atoms with Gasteiger partial charge < -0.3 is 19.5 Å². The number of carbonyl (C=O) groups excluding carboxylic acids is 1. The molecule has 2 aromatic carbocycles. The molecule has 1 aliphatic rings. The SMILES string of the molecule is C#Cc1ccc([C@@H]2C=C(C(=O)N(C)C)O[C@H](OCc3ccc(CO)cc3)C2)cc1. The van der Waals surface area contributed by atoms with Gasteiger partial charge in [0.05, 0.1) is 13.2 Å². The van der Waals surface area contributed by atoms with E-state index in [-0.39, 0.29) is 24.2 Å². The number of terminal acetylenes is 1. The summed E-state index contributed by atoms with van der Waals surface area (Å²) < 4.78 is 11.8. The third-order valence-electron chi connectivity index (χ3n) is 4.82. The van der Waals surface area contributed by atoms with E-state index in [1.165, 1.54) is 4.90 Å². The van der Waals surface area contributed by atoms with Gasteiger partial charge in [-0.3, -0.25) is 4.79 Å². The number of nitrogens with zero attached hydrogens (tertiary/aromatic N) is 1. The summed E-state index contributed by atoms with van der Waals surface area (Å²) in [4.78, 5) is 14.0. The summed E-state index contributed by atoms with van der Waals surface area (Å²) in [5.41, 5.74) is 3.68. The van der Waals surface area contributed by atoms with Crippen LogP contribution in [0.4, 0.5) is 0 Å². The Kier molecular flexibility index (Phi) is 6.71. The first-order valence-corrected chi connectivity index (χ1v) is 9.47. The van der Waals surface area contributed by atoms with E-state index in [0.717, 1.165) is 22.3 Å². The summed E-state index contributed by atoms with van der Waals surface area (Å²) in [5.74, 6) is 2.68. The average Bonchev–Trinajstić information content (AvgIpc) is 2.77. The van der Waals surface area contributed by atoms with Crippen LogP contribution in [-0.2, 0) is 27.5 Å². The van der Waals surface area contributed by atoms with Gasteiger partial charge in [0.1, 0.15) is 0 Å². The summed E-state index contributed by atoms with van der Waals surface area (Å²) in [7, 11) is 3.38. The molecule has 1 amide bonds. The number of likely N-dealkylation sites (N-methyl/N-ethyl adjacent to an activating group) is 1. The van der Waals surface area contributed by atoms with E-state index in [9.17, 15) is 4.79 Å². The van der Waals surface area contributed by atoms with Gasteiger partial charge in [-0.1, -0.05) is 42.3 Å². The standard InChI is InChI=1S/C24H25NO4/c1-4-17-9-11-20(12-10-17)21-13-22(24(27)25(2)3)29-23(14-21)28-16-19-7-5-18(15-26)6-8-19/h1,5-13,21,23,26H,14-16H2,2-3H3/t21-,23+/m1/s1. The Morgan fingerprint density at radius 1 is 1.17 bits per heavy atom. The molecule has 0 bridgehead atoms. The van der Waals surface area contributed by atoms with E-state index in [0.29, 0.717) is 13.0 Å². The molecule has 150 valence electrons. The zero-order valence-corrected chi connectivity index (χ0v) is 16.7. The number of hydrogen-bond acceptors (Lipinski definition) is 4. The molecule has 5 heteroatoms. The van der Waals surface area contributed by atoms with Crippen molar-refractivity contribution in [1.29, 1.82) is 0 Å². The largest absolute Gasteiger partial charge is 0.459 e. The van der Waals surface area contributed by atoms with Gasteiger partial charge in [0.2, 0.25) is 6.29 Å². The van der Waals surface area contributed by atoms with E-state index in [1.807, 2.05) is 54.6 Å². The van der Waals surface area contributed by atoms with Crippen LogP contribution in [0, 0.1) is 12.3 Å². The maximum Gasteiger partial charge on any atom is 0.288 e. The van der Waals surface area contributed by atoms with Crippen LogP contribution >= 0.6 is 0 Å². The van der Waals surface area contributed by atoms with E-state index in [4.69, 9.17) is 21.0 Å². The van der Waals surface area contributed by atoms with E-state index in [2.05, 4.69) is 5.92 Å². The van der Waals surface area contributed by atoms with Crippen molar-refractivity contribution in [3.8, 4) is 12.3 Å². The van der Waals surface area contributed by atoms with E-state index >= 15 is 0 Å². The van der Waals surface area contributed by atoms with Crippen molar-refractivity contribution < 1.29 is 19.4 Å². The van der Waals surface area contributed by atoms with Gasteiger partial charge in [-0.2, -0.15) is 0 Å². The molecule has 0 aromatic heterocycles. The molecule has 0 saturated heterocycles. The molecule has 0 radical (unpaired) electrons. The number of aliphatic hydroxyl groups excluding tert-OH is 1. The van der Waals surface area contributed by atoms with Crippen LogP contribution in [0.15, 0.2) is 60.4 Å². The molecule has 1 N–H and O–H groups in total. The van der Waals surface area contributed by atoms with Crippen LogP contribution in [-0.4, -0.2) is 36.3 Å². The number of allylic oxidation sites excluding steroid dienone is 1. The Labute approximate surface area is 171 Å². The highest BCUT2D eigenvalue weighted by Gasteiger charge is 2.29. The Hall–Kier alpha value is -3.07. The van der Waals surface area contributed by atoms with Gasteiger partial charge in [0.25, 0.3) is 5.91 Å². The minimum Gasteiger partial charge on any atom is -0.459 e. The highest BCUT2D eigenvalue weighted by Crippen LogP contribution is 2.32. The molecule has 0 unspecified atom stereocenters. The minimum atomic E-state index is -0.547. The molecular weight excluding hydrogens is 366 g/mol. The van der Waals surface area contributed by atoms with Gasteiger partial charge in [-0.25, -0.2) is 0 Å². The fraction of sp³-hybridized carbons (Fsp3) is 0.292. The molecule has 2 aromatic rings. The molecule has 29 heavy (non-hydrogen) atoms. The lowest BCUT2D eigenvalue weighted by atomic mass is 9.92. The molecular formula is C24H25NO4. The molecule has 2 atom stereocenters. The minimum absolute atomic E-state index is 0.00776. The first kappa shape index (κ1) is 20.7. The van der Waals surface area contributed by atoms with E-state index < -0.39 is 6.29 Å². The summed E-state index contributed by atoms with van der Waals surface area (Å²) in [5, 5.41) is 9.15. The normalized spacial score (nSPS) is 18.3. The van der Waals surface area contributed by atoms with Crippen molar-refractivity contribution in [2.24, 2.45) is 0 Å². The Bertz CT molecular complexity index is 907. The summed E-state index contributed by atoms with van der Waals surface area (Å²) in [6, 6.07) is 15.3. The van der Waals surface area contributed by atoms with Crippen molar-refractivity contribution in [1.82, 2.24) is 4.90 Å². The lowest BCUT2D eigenvalue weighted by Gasteiger charge is -2.30. The van der Waals surface area contributed by atoms with Crippen molar-refractivity contribution >= 4 is 5.91 Å². The Balaban J connectivity index is 1.76. The topological polar surface area (TPSA) is 59.0 Å². The molecule has 3 rings (SSSR count). The molecule has 1 aliphatic heterocycles. The lowest BCUT2D eigenvalue weighted by molar-refractivity contribution is -0.154. The first-order chi connectivity index (χ1) is 14.0. The molecule has 0 fully saturated rings. The fourth-order valence-electron chi connectivity index (χ4n) is 3.12. The number of amides is 1. The summed E-state index contributed by atoms with van der Waals surface area (Å²) in [6.45, 7) is 0.358. The predicted octanol–water partition coefficient (Wildman–Crippen LogP) is 3.18. The number of hydrogen-bond donors (Lipinski definition) is 1. The molecule has 0 aliphatic carbocycles. The van der Waals surface area contributed by atoms with Crippen molar-refractivity contribution in [3.63, 3.8) is 0 Å². The zero-order chi connectivity index (χ0) is 20.8. The van der Waals surface area contributed by atoms with Gasteiger partial charge in [-0.15, -0.1) is 6.42 Å². The second kappa shape index (κ2) is 9.42. The number of benzene rings is 2. The Morgan fingerprint density at radius 3 is 2.41 bits per heavy atom. The van der Waals surface area contributed by atoms with E-state index in [1.54, 1.807) is 14.1 Å². The number of ether oxygens (including phenoxy) is 2.